The van der Waals surface area contributed by atoms with E-state index < -0.39 is 27.5 Å². The third-order valence-corrected chi connectivity index (χ3v) is 5.63. The van der Waals surface area contributed by atoms with Crippen molar-refractivity contribution in [3.63, 3.8) is 0 Å². The van der Waals surface area contributed by atoms with Gasteiger partial charge in [0, 0.05) is 18.7 Å². The Labute approximate surface area is 151 Å². The Morgan fingerprint density at radius 1 is 1.15 bits per heavy atom. The molecule has 0 saturated heterocycles. The van der Waals surface area contributed by atoms with Crippen molar-refractivity contribution in [2.24, 2.45) is 0 Å². The number of ether oxygens (including phenoxy) is 1. The van der Waals surface area contributed by atoms with E-state index in [4.69, 9.17) is 0 Å². The zero-order valence-electron chi connectivity index (χ0n) is 14.3. The maximum atomic E-state index is 12.9. The van der Waals surface area contributed by atoms with Crippen LogP contribution < -0.4 is 0 Å². The molecule has 0 aliphatic heterocycles. The van der Waals surface area contributed by atoms with Crippen molar-refractivity contribution in [3.8, 4) is 0 Å². The van der Waals surface area contributed by atoms with E-state index in [-0.39, 0.29) is 17.1 Å². The lowest BCUT2D eigenvalue weighted by Gasteiger charge is -2.22. The molecule has 0 aromatic heterocycles. The molecule has 2 rings (SSSR count). The number of nitrogens with zero attached hydrogens (tertiary/aromatic N) is 2. The molecule has 0 aliphatic rings. The molecule has 9 heteroatoms. The van der Waals surface area contributed by atoms with Crippen LogP contribution in [-0.2, 0) is 26.1 Å². The highest BCUT2D eigenvalue weighted by molar-refractivity contribution is 7.89. The third-order valence-electron chi connectivity index (χ3n) is 3.83. The van der Waals surface area contributed by atoms with Crippen LogP contribution in [0.5, 0.6) is 0 Å². The molecule has 2 aromatic carbocycles. The number of nitro groups is 1. The molecule has 0 unspecified atom stereocenters. The number of aryl methyl sites for hydroxylation is 1. The molecular weight excluding hydrogens is 360 g/mol. The van der Waals surface area contributed by atoms with Crippen LogP contribution in [0.1, 0.15) is 11.1 Å². The summed E-state index contributed by atoms with van der Waals surface area (Å²) < 4.78 is 31.4. The molecule has 0 amide bonds. The van der Waals surface area contributed by atoms with Gasteiger partial charge in [-0.1, -0.05) is 24.3 Å². The lowest BCUT2D eigenvalue weighted by Crippen LogP contribution is -2.36. The standard InChI is InChI=1S/C17H18N2O6S/c1-13-5-3-4-6-14(13)11-18(12-17(20)25-2)26(23,24)16-9-7-15(8-10-16)19(21)22/h3-10H,11-12H2,1-2H3. The lowest BCUT2D eigenvalue weighted by atomic mass is 10.1. The van der Waals surface area contributed by atoms with Crippen LogP contribution in [-0.4, -0.2) is 37.3 Å². The van der Waals surface area contributed by atoms with Crippen molar-refractivity contribution >= 4 is 21.7 Å². The van der Waals surface area contributed by atoms with Crippen molar-refractivity contribution in [2.75, 3.05) is 13.7 Å². The molecule has 0 saturated carbocycles. The van der Waals surface area contributed by atoms with Gasteiger partial charge in [0.05, 0.1) is 16.9 Å². The Balaban J connectivity index is 2.40. The van der Waals surface area contributed by atoms with Gasteiger partial charge in [0.2, 0.25) is 10.0 Å². The van der Waals surface area contributed by atoms with E-state index in [9.17, 15) is 23.3 Å². The van der Waals surface area contributed by atoms with Gasteiger partial charge >= 0.3 is 5.97 Å². The molecular formula is C17H18N2O6S. The van der Waals surface area contributed by atoms with Crippen molar-refractivity contribution < 1.29 is 22.9 Å². The van der Waals surface area contributed by atoms with Crippen LogP contribution in [0.15, 0.2) is 53.4 Å². The minimum atomic E-state index is -4.05. The molecule has 0 N–H and O–H groups in total. The van der Waals surface area contributed by atoms with E-state index in [2.05, 4.69) is 4.74 Å². The number of sulfonamides is 1. The Bertz CT molecular complexity index is 909. The van der Waals surface area contributed by atoms with Gasteiger partial charge in [-0.05, 0) is 30.2 Å². The fourth-order valence-corrected chi connectivity index (χ4v) is 3.66. The fraction of sp³-hybridized carbons (Fsp3) is 0.235. The SMILES string of the molecule is COC(=O)CN(Cc1ccccc1C)S(=O)(=O)c1ccc([N+](=O)[O-])cc1. The summed E-state index contributed by atoms with van der Waals surface area (Å²) in [7, 11) is -2.88. The summed E-state index contributed by atoms with van der Waals surface area (Å²) in [5.41, 5.74) is 1.39. The summed E-state index contributed by atoms with van der Waals surface area (Å²) in [5, 5.41) is 10.7. The summed E-state index contributed by atoms with van der Waals surface area (Å²) in [5.74, 6) is -0.705. The van der Waals surface area contributed by atoms with Gasteiger partial charge in [0.15, 0.2) is 0 Å². The summed E-state index contributed by atoms with van der Waals surface area (Å²) in [6.45, 7) is 1.34. The average Bonchev–Trinajstić information content (AvgIpc) is 2.62. The fourth-order valence-electron chi connectivity index (χ4n) is 2.30. The monoisotopic (exact) mass is 378 g/mol. The van der Waals surface area contributed by atoms with E-state index in [0.717, 1.165) is 39.7 Å². The van der Waals surface area contributed by atoms with Gasteiger partial charge in [-0.3, -0.25) is 14.9 Å². The van der Waals surface area contributed by atoms with Gasteiger partial charge < -0.3 is 4.74 Å². The number of hydrogen-bond donors (Lipinski definition) is 0. The minimum Gasteiger partial charge on any atom is -0.468 e. The van der Waals surface area contributed by atoms with Crippen molar-refractivity contribution in [2.45, 2.75) is 18.4 Å². The predicted octanol–water partition coefficient (Wildman–Crippen LogP) is 2.27. The molecule has 2 aromatic rings. The Hall–Kier alpha value is -2.78. The van der Waals surface area contributed by atoms with Crippen LogP contribution in [0, 0.1) is 17.0 Å². The quantitative estimate of drug-likeness (QED) is 0.416. The second-order valence-corrected chi connectivity index (χ2v) is 7.46. The summed E-state index contributed by atoms with van der Waals surface area (Å²) in [6, 6.07) is 11.7. The number of carbonyl (C=O) groups excluding carboxylic acids is 1. The van der Waals surface area contributed by atoms with E-state index in [0.29, 0.717) is 0 Å². The molecule has 0 heterocycles. The first-order valence-electron chi connectivity index (χ1n) is 7.61. The van der Waals surface area contributed by atoms with Gasteiger partial charge in [-0.15, -0.1) is 0 Å². The van der Waals surface area contributed by atoms with Crippen LogP contribution in [0.4, 0.5) is 5.69 Å². The maximum absolute atomic E-state index is 12.9. The zero-order valence-corrected chi connectivity index (χ0v) is 15.1. The molecule has 138 valence electrons. The van der Waals surface area contributed by atoms with E-state index in [1.54, 1.807) is 12.1 Å². The van der Waals surface area contributed by atoms with Crippen LogP contribution in [0.3, 0.4) is 0 Å². The lowest BCUT2D eigenvalue weighted by molar-refractivity contribution is -0.384. The Morgan fingerprint density at radius 3 is 2.31 bits per heavy atom. The number of esters is 1. The first-order chi connectivity index (χ1) is 12.3. The summed E-state index contributed by atoms with van der Waals surface area (Å²) in [4.78, 5) is 21.7. The zero-order chi connectivity index (χ0) is 19.3. The highest BCUT2D eigenvalue weighted by Gasteiger charge is 2.28. The molecule has 0 bridgehead atoms. The number of rotatable bonds is 7. The molecule has 0 radical (unpaired) electrons. The van der Waals surface area contributed by atoms with Crippen LogP contribution in [0.25, 0.3) is 0 Å². The van der Waals surface area contributed by atoms with Crippen molar-refractivity contribution in [1.29, 1.82) is 0 Å². The van der Waals surface area contributed by atoms with Gasteiger partial charge in [0.25, 0.3) is 5.69 Å². The first-order valence-corrected chi connectivity index (χ1v) is 9.05. The normalized spacial score (nSPS) is 11.3. The summed E-state index contributed by atoms with van der Waals surface area (Å²) in [6.07, 6.45) is 0. The molecule has 0 spiro atoms. The topological polar surface area (TPSA) is 107 Å². The second kappa shape index (κ2) is 8.07. The molecule has 0 atom stereocenters. The first kappa shape index (κ1) is 19.5. The largest absolute Gasteiger partial charge is 0.468 e. The Morgan fingerprint density at radius 2 is 1.77 bits per heavy atom. The average molecular weight is 378 g/mol. The Kier molecular flexibility index (Phi) is 6.06. The summed E-state index contributed by atoms with van der Waals surface area (Å²) >= 11 is 0. The number of benzene rings is 2. The molecule has 26 heavy (non-hydrogen) atoms. The van der Waals surface area contributed by atoms with E-state index in [1.165, 1.54) is 7.11 Å². The van der Waals surface area contributed by atoms with Gasteiger partial charge in [-0.25, -0.2) is 8.42 Å². The second-order valence-electron chi connectivity index (χ2n) is 5.53. The van der Waals surface area contributed by atoms with Crippen molar-refractivity contribution in [3.05, 3.63) is 69.8 Å². The van der Waals surface area contributed by atoms with E-state index in [1.807, 2.05) is 19.1 Å². The van der Waals surface area contributed by atoms with E-state index >= 15 is 0 Å². The number of non-ortho nitro benzene ring substituents is 1. The van der Waals surface area contributed by atoms with Crippen LogP contribution in [0.2, 0.25) is 0 Å². The molecule has 0 fully saturated rings. The van der Waals surface area contributed by atoms with Gasteiger partial charge in [0.1, 0.15) is 6.54 Å². The van der Waals surface area contributed by atoms with Gasteiger partial charge in [-0.2, -0.15) is 4.31 Å². The van der Waals surface area contributed by atoms with Crippen LogP contribution >= 0.6 is 0 Å². The third kappa shape index (κ3) is 4.44. The predicted molar refractivity (Wildman–Crippen MR) is 93.9 cm³/mol. The van der Waals surface area contributed by atoms with Crippen molar-refractivity contribution in [1.82, 2.24) is 4.31 Å². The number of hydrogen-bond acceptors (Lipinski definition) is 6. The number of carbonyl (C=O) groups is 1. The minimum absolute atomic E-state index is 0.0267. The number of nitro benzene ring substituents is 1. The maximum Gasteiger partial charge on any atom is 0.321 e. The highest BCUT2D eigenvalue weighted by Crippen LogP contribution is 2.22. The molecule has 8 nitrogen and oxygen atoms in total. The highest BCUT2D eigenvalue weighted by atomic mass is 32.2. The number of methoxy groups -OCH3 is 1. The molecule has 0 aliphatic carbocycles. The smallest absolute Gasteiger partial charge is 0.321 e.